The van der Waals surface area contributed by atoms with Crippen LogP contribution in [0.15, 0.2) is 18.2 Å². The van der Waals surface area contributed by atoms with Crippen molar-refractivity contribution >= 4 is 5.91 Å². The molecular formula is C20H32N2O3. The van der Waals surface area contributed by atoms with Crippen molar-refractivity contribution < 1.29 is 14.3 Å². The predicted molar refractivity (Wildman–Crippen MR) is 100.0 cm³/mol. The number of rotatable bonds is 9. The maximum atomic E-state index is 12.5. The van der Waals surface area contributed by atoms with Crippen molar-refractivity contribution in [2.45, 2.75) is 70.4 Å². The molecule has 0 spiro atoms. The third kappa shape index (κ3) is 5.11. The lowest BCUT2D eigenvalue weighted by Gasteiger charge is -2.25. The summed E-state index contributed by atoms with van der Waals surface area (Å²) < 4.78 is 11.3. The summed E-state index contributed by atoms with van der Waals surface area (Å²) in [6.07, 6.45) is 6.93. The van der Waals surface area contributed by atoms with Gasteiger partial charge >= 0.3 is 0 Å². The lowest BCUT2D eigenvalue weighted by Crippen LogP contribution is -2.52. The molecule has 140 valence electrons. The van der Waals surface area contributed by atoms with E-state index in [0.717, 1.165) is 49.8 Å². The van der Waals surface area contributed by atoms with Crippen molar-refractivity contribution in [3.63, 3.8) is 0 Å². The Morgan fingerprint density at radius 3 is 2.64 bits per heavy atom. The fourth-order valence-electron chi connectivity index (χ4n) is 3.26. The highest BCUT2D eigenvalue weighted by Crippen LogP contribution is 2.32. The van der Waals surface area contributed by atoms with Crippen LogP contribution in [0.1, 0.15) is 70.4 Å². The molecular weight excluding hydrogens is 316 g/mol. The second kappa shape index (κ2) is 9.09. The van der Waals surface area contributed by atoms with Gasteiger partial charge in [-0.05, 0) is 43.9 Å². The lowest BCUT2D eigenvalue weighted by molar-refractivity contribution is -0.126. The largest absolute Gasteiger partial charge is 0.493 e. The number of carbonyl (C=O) groups is 1. The SMILES string of the molecule is CCCCCOc1ccc(C(C)NC(=O)C2(N)CCCC2)cc1OC. The molecule has 2 rings (SSSR count). The van der Waals surface area contributed by atoms with Gasteiger partial charge < -0.3 is 20.5 Å². The molecule has 1 aromatic carbocycles. The number of nitrogens with two attached hydrogens (primary N) is 1. The summed E-state index contributed by atoms with van der Waals surface area (Å²) in [5.74, 6) is 1.38. The summed E-state index contributed by atoms with van der Waals surface area (Å²) in [5, 5.41) is 3.05. The standard InChI is InChI=1S/C20H32N2O3/c1-4-5-8-13-25-17-10-9-16(14-18(17)24-3)15(2)22-19(23)20(21)11-6-7-12-20/h9-10,14-15H,4-8,11-13,21H2,1-3H3,(H,22,23). The molecule has 1 fully saturated rings. The zero-order valence-electron chi connectivity index (χ0n) is 15.8. The van der Waals surface area contributed by atoms with Crippen molar-refractivity contribution in [3.8, 4) is 11.5 Å². The highest BCUT2D eigenvalue weighted by molar-refractivity contribution is 5.86. The van der Waals surface area contributed by atoms with E-state index in [1.807, 2.05) is 25.1 Å². The van der Waals surface area contributed by atoms with Gasteiger partial charge in [-0.15, -0.1) is 0 Å². The Morgan fingerprint density at radius 1 is 1.28 bits per heavy atom. The summed E-state index contributed by atoms with van der Waals surface area (Å²) in [6, 6.07) is 5.69. The molecule has 1 aromatic rings. The Kier molecular flexibility index (Phi) is 7.12. The van der Waals surface area contributed by atoms with Gasteiger partial charge in [-0.25, -0.2) is 0 Å². The van der Waals surface area contributed by atoms with Crippen molar-refractivity contribution in [1.29, 1.82) is 0 Å². The van der Waals surface area contributed by atoms with Gasteiger partial charge in [0.2, 0.25) is 5.91 Å². The number of hydrogen-bond acceptors (Lipinski definition) is 4. The van der Waals surface area contributed by atoms with Crippen LogP contribution in [0.2, 0.25) is 0 Å². The van der Waals surface area contributed by atoms with Gasteiger partial charge in [0.15, 0.2) is 11.5 Å². The molecule has 1 unspecified atom stereocenters. The van der Waals surface area contributed by atoms with Gasteiger partial charge in [0.1, 0.15) is 0 Å². The number of amides is 1. The number of hydrogen-bond donors (Lipinski definition) is 2. The summed E-state index contributed by atoms with van der Waals surface area (Å²) >= 11 is 0. The Hall–Kier alpha value is -1.75. The highest BCUT2D eigenvalue weighted by Gasteiger charge is 2.37. The van der Waals surface area contributed by atoms with E-state index in [1.165, 1.54) is 6.42 Å². The van der Waals surface area contributed by atoms with Gasteiger partial charge in [0.05, 0.1) is 25.3 Å². The third-order valence-electron chi connectivity index (χ3n) is 4.99. The third-order valence-corrected chi connectivity index (χ3v) is 4.99. The number of nitrogens with one attached hydrogen (secondary N) is 1. The van der Waals surface area contributed by atoms with E-state index in [2.05, 4.69) is 12.2 Å². The van der Waals surface area contributed by atoms with Gasteiger partial charge in [-0.2, -0.15) is 0 Å². The molecule has 5 heteroatoms. The molecule has 25 heavy (non-hydrogen) atoms. The second-order valence-corrected chi connectivity index (χ2v) is 7.02. The van der Waals surface area contributed by atoms with Crippen LogP contribution in [0, 0.1) is 0 Å². The number of carbonyl (C=O) groups excluding carboxylic acids is 1. The molecule has 3 N–H and O–H groups in total. The minimum Gasteiger partial charge on any atom is -0.493 e. The molecule has 0 aromatic heterocycles. The summed E-state index contributed by atoms with van der Waals surface area (Å²) in [6.45, 7) is 4.82. The van der Waals surface area contributed by atoms with E-state index in [9.17, 15) is 4.79 Å². The first-order valence-corrected chi connectivity index (χ1v) is 9.40. The van der Waals surface area contributed by atoms with Crippen molar-refractivity contribution in [3.05, 3.63) is 23.8 Å². The molecule has 1 aliphatic carbocycles. The number of unbranched alkanes of at least 4 members (excludes halogenated alkanes) is 2. The molecule has 1 atom stereocenters. The van der Waals surface area contributed by atoms with Crippen LogP contribution in [-0.2, 0) is 4.79 Å². The van der Waals surface area contributed by atoms with Crippen LogP contribution in [0.5, 0.6) is 11.5 Å². The minimum absolute atomic E-state index is 0.0589. The molecule has 0 saturated heterocycles. The molecule has 0 aliphatic heterocycles. The predicted octanol–water partition coefficient (Wildman–Crippen LogP) is 3.71. The number of benzene rings is 1. The highest BCUT2D eigenvalue weighted by atomic mass is 16.5. The molecule has 1 amide bonds. The Labute approximate surface area is 151 Å². The molecule has 0 heterocycles. The van der Waals surface area contributed by atoms with Crippen LogP contribution in [-0.4, -0.2) is 25.2 Å². The smallest absolute Gasteiger partial charge is 0.240 e. The molecule has 5 nitrogen and oxygen atoms in total. The van der Waals surface area contributed by atoms with Crippen LogP contribution in [0.3, 0.4) is 0 Å². The molecule has 0 radical (unpaired) electrons. The summed E-state index contributed by atoms with van der Waals surface area (Å²) in [7, 11) is 1.63. The summed E-state index contributed by atoms with van der Waals surface area (Å²) in [4.78, 5) is 12.5. The first-order chi connectivity index (χ1) is 12.0. The lowest BCUT2D eigenvalue weighted by atomic mass is 9.97. The normalized spacial score (nSPS) is 17.1. The zero-order chi connectivity index (χ0) is 18.3. The average Bonchev–Trinajstić information content (AvgIpc) is 3.06. The van der Waals surface area contributed by atoms with E-state index in [-0.39, 0.29) is 11.9 Å². The van der Waals surface area contributed by atoms with E-state index in [0.29, 0.717) is 12.4 Å². The van der Waals surface area contributed by atoms with E-state index in [1.54, 1.807) is 7.11 Å². The first-order valence-electron chi connectivity index (χ1n) is 9.40. The van der Waals surface area contributed by atoms with Crippen LogP contribution < -0.4 is 20.5 Å². The minimum atomic E-state index is -0.708. The topological polar surface area (TPSA) is 73.6 Å². The average molecular weight is 348 g/mol. The number of methoxy groups -OCH3 is 1. The Bertz CT molecular complexity index is 568. The summed E-state index contributed by atoms with van der Waals surface area (Å²) in [5.41, 5.74) is 6.50. The molecule has 0 bridgehead atoms. The Morgan fingerprint density at radius 2 is 2.00 bits per heavy atom. The van der Waals surface area contributed by atoms with Gasteiger partial charge in [-0.1, -0.05) is 38.7 Å². The van der Waals surface area contributed by atoms with Gasteiger partial charge in [0.25, 0.3) is 0 Å². The number of ether oxygens (including phenoxy) is 2. The maximum absolute atomic E-state index is 12.5. The van der Waals surface area contributed by atoms with Crippen molar-refractivity contribution in [2.75, 3.05) is 13.7 Å². The monoisotopic (exact) mass is 348 g/mol. The fraction of sp³-hybridized carbons (Fsp3) is 0.650. The molecule has 1 saturated carbocycles. The zero-order valence-corrected chi connectivity index (χ0v) is 15.8. The quantitative estimate of drug-likeness (QED) is 0.667. The first kappa shape index (κ1) is 19.6. The van der Waals surface area contributed by atoms with Gasteiger partial charge in [-0.3, -0.25) is 4.79 Å². The van der Waals surface area contributed by atoms with Crippen LogP contribution in [0.4, 0.5) is 0 Å². The molecule has 1 aliphatic rings. The Balaban J connectivity index is 1.99. The van der Waals surface area contributed by atoms with Crippen molar-refractivity contribution in [1.82, 2.24) is 5.32 Å². The van der Waals surface area contributed by atoms with Crippen LogP contribution in [0.25, 0.3) is 0 Å². The van der Waals surface area contributed by atoms with Crippen molar-refractivity contribution in [2.24, 2.45) is 5.73 Å². The van der Waals surface area contributed by atoms with E-state index in [4.69, 9.17) is 15.2 Å². The fourth-order valence-corrected chi connectivity index (χ4v) is 3.26. The van der Waals surface area contributed by atoms with Crippen LogP contribution >= 0.6 is 0 Å². The van der Waals surface area contributed by atoms with E-state index < -0.39 is 5.54 Å². The second-order valence-electron chi connectivity index (χ2n) is 7.02. The van der Waals surface area contributed by atoms with Gasteiger partial charge in [0, 0.05) is 0 Å². The van der Waals surface area contributed by atoms with E-state index >= 15 is 0 Å². The maximum Gasteiger partial charge on any atom is 0.240 e.